The number of non-ortho nitro benzene ring substituents is 1. The number of carbonyl (C=O) groups excluding carboxylic acids is 1. The number of nitro benzene ring substituents is 1. The SMILES string of the molecule is O=C(CCC(F)(F)F)Cc1ccc([N+](=O)[O-])cc1CF. The topological polar surface area (TPSA) is 60.2 Å². The molecule has 0 bridgehead atoms. The molecule has 0 aliphatic rings. The van der Waals surface area contributed by atoms with Crippen molar-refractivity contribution in [2.75, 3.05) is 0 Å². The minimum atomic E-state index is -4.42. The average Bonchev–Trinajstić information content (AvgIpc) is 2.35. The predicted molar refractivity (Wildman–Crippen MR) is 61.9 cm³/mol. The normalized spacial score (nSPS) is 11.4. The Labute approximate surface area is 111 Å². The van der Waals surface area contributed by atoms with Gasteiger partial charge in [-0.2, -0.15) is 13.2 Å². The van der Waals surface area contributed by atoms with Gasteiger partial charge in [-0.25, -0.2) is 4.39 Å². The molecule has 0 spiro atoms. The fraction of sp³-hybridized carbons (Fsp3) is 0.417. The number of nitrogens with zero attached hydrogens (tertiary/aromatic N) is 1. The van der Waals surface area contributed by atoms with Crippen LogP contribution in [0.1, 0.15) is 24.0 Å². The van der Waals surface area contributed by atoms with Crippen LogP contribution in [0.2, 0.25) is 0 Å². The Kier molecular flexibility index (Phi) is 5.18. The van der Waals surface area contributed by atoms with Crippen LogP contribution in [-0.4, -0.2) is 16.9 Å². The molecule has 1 aromatic rings. The van der Waals surface area contributed by atoms with E-state index in [1.807, 2.05) is 0 Å². The molecule has 0 heterocycles. The average molecular weight is 293 g/mol. The molecule has 0 fully saturated rings. The number of Topliss-reactive ketones (excluding diaryl/α,β-unsaturated/α-hetero) is 1. The van der Waals surface area contributed by atoms with Crippen LogP contribution in [0, 0.1) is 10.1 Å². The number of carbonyl (C=O) groups is 1. The maximum Gasteiger partial charge on any atom is 0.389 e. The molecule has 4 nitrogen and oxygen atoms in total. The second kappa shape index (κ2) is 6.44. The first kappa shape index (κ1) is 16.1. The largest absolute Gasteiger partial charge is 0.389 e. The van der Waals surface area contributed by atoms with Crippen molar-refractivity contribution in [2.24, 2.45) is 0 Å². The van der Waals surface area contributed by atoms with E-state index in [-0.39, 0.29) is 23.2 Å². The molecule has 0 saturated carbocycles. The van der Waals surface area contributed by atoms with Crippen molar-refractivity contribution in [3.63, 3.8) is 0 Å². The van der Waals surface area contributed by atoms with Crippen LogP contribution < -0.4 is 0 Å². The molecule has 0 saturated heterocycles. The molecule has 1 rings (SSSR count). The molecule has 1 aromatic carbocycles. The van der Waals surface area contributed by atoms with Gasteiger partial charge in [0.15, 0.2) is 0 Å². The maximum atomic E-state index is 12.7. The minimum Gasteiger partial charge on any atom is -0.299 e. The van der Waals surface area contributed by atoms with Crippen molar-refractivity contribution in [2.45, 2.75) is 32.1 Å². The van der Waals surface area contributed by atoms with E-state index in [1.165, 1.54) is 6.07 Å². The van der Waals surface area contributed by atoms with Crippen molar-refractivity contribution in [1.82, 2.24) is 0 Å². The molecule has 0 atom stereocenters. The Morgan fingerprint density at radius 3 is 2.40 bits per heavy atom. The second-order valence-corrected chi connectivity index (χ2v) is 4.17. The standard InChI is InChI=1S/C12H11F4NO3/c13-7-9-5-10(17(19)20)2-1-8(9)6-11(18)3-4-12(14,15)16/h1-2,5H,3-4,6-7H2. The molecule has 0 radical (unpaired) electrons. The molecule has 20 heavy (non-hydrogen) atoms. The zero-order valence-electron chi connectivity index (χ0n) is 10.2. The molecule has 0 unspecified atom stereocenters. The molecule has 0 amide bonds. The Morgan fingerprint density at radius 2 is 1.90 bits per heavy atom. The molecule has 110 valence electrons. The van der Waals surface area contributed by atoms with Crippen LogP contribution >= 0.6 is 0 Å². The number of nitro groups is 1. The van der Waals surface area contributed by atoms with E-state index in [0.29, 0.717) is 0 Å². The zero-order chi connectivity index (χ0) is 15.3. The minimum absolute atomic E-state index is 0.0560. The highest BCUT2D eigenvalue weighted by atomic mass is 19.4. The smallest absolute Gasteiger partial charge is 0.299 e. The Balaban J connectivity index is 2.77. The van der Waals surface area contributed by atoms with Crippen molar-refractivity contribution in [3.8, 4) is 0 Å². The van der Waals surface area contributed by atoms with Gasteiger partial charge in [-0.1, -0.05) is 6.07 Å². The Morgan fingerprint density at radius 1 is 1.25 bits per heavy atom. The van der Waals surface area contributed by atoms with Gasteiger partial charge < -0.3 is 0 Å². The predicted octanol–water partition coefficient (Wildman–Crippen LogP) is 3.52. The lowest BCUT2D eigenvalue weighted by atomic mass is 10.0. The van der Waals surface area contributed by atoms with E-state index in [0.717, 1.165) is 12.1 Å². The van der Waals surface area contributed by atoms with Crippen LogP contribution in [0.4, 0.5) is 23.2 Å². The lowest BCUT2D eigenvalue weighted by Crippen LogP contribution is -2.12. The third-order valence-corrected chi connectivity index (χ3v) is 2.62. The number of hydrogen-bond acceptors (Lipinski definition) is 3. The van der Waals surface area contributed by atoms with Gasteiger partial charge in [-0.3, -0.25) is 14.9 Å². The Hall–Kier alpha value is -1.99. The van der Waals surface area contributed by atoms with E-state index >= 15 is 0 Å². The van der Waals surface area contributed by atoms with Crippen LogP contribution in [0.5, 0.6) is 0 Å². The highest BCUT2D eigenvalue weighted by molar-refractivity contribution is 5.81. The van der Waals surface area contributed by atoms with Crippen molar-refractivity contribution in [3.05, 3.63) is 39.4 Å². The van der Waals surface area contributed by atoms with Crippen molar-refractivity contribution < 1.29 is 27.3 Å². The summed E-state index contributed by atoms with van der Waals surface area (Å²) in [6.07, 6.45) is -6.71. The number of alkyl halides is 4. The van der Waals surface area contributed by atoms with Gasteiger partial charge in [-0.05, 0) is 11.1 Å². The molecular weight excluding hydrogens is 282 g/mol. The number of halogens is 4. The van der Waals surface area contributed by atoms with Crippen molar-refractivity contribution in [1.29, 1.82) is 0 Å². The fourth-order valence-electron chi connectivity index (χ4n) is 1.60. The molecular formula is C12H11F4NO3. The van der Waals surface area contributed by atoms with Gasteiger partial charge in [0.25, 0.3) is 5.69 Å². The van der Waals surface area contributed by atoms with E-state index in [9.17, 15) is 32.5 Å². The highest BCUT2D eigenvalue weighted by Gasteiger charge is 2.28. The number of rotatable bonds is 6. The van der Waals surface area contributed by atoms with Crippen LogP contribution in [-0.2, 0) is 17.9 Å². The van der Waals surface area contributed by atoms with Crippen LogP contribution in [0.3, 0.4) is 0 Å². The monoisotopic (exact) mass is 293 g/mol. The molecule has 0 aromatic heterocycles. The first-order chi connectivity index (χ1) is 9.23. The first-order valence-corrected chi connectivity index (χ1v) is 5.63. The summed E-state index contributed by atoms with van der Waals surface area (Å²) in [4.78, 5) is 21.2. The van der Waals surface area contributed by atoms with Gasteiger partial charge in [0.1, 0.15) is 12.5 Å². The van der Waals surface area contributed by atoms with Crippen LogP contribution in [0.25, 0.3) is 0 Å². The second-order valence-electron chi connectivity index (χ2n) is 4.17. The fourth-order valence-corrected chi connectivity index (χ4v) is 1.60. The van der Waals surface area contributed by atoms with E-state index < -0.39 is 36.4 Å². The highest BCUT2D eigenvalue weighted by Crippen LogP contribution is 2.23. The lowest BCUT2D eigenvalue weighted by molar-refractivity contribution is -0.384. The van der Waals surface area contributed by atoms with Gasteiger partial charge in [0.05, 0.1) is 11.3 Å². The summed E-state index contributed by atoms with van der Waals surface area (Å²) in [6, 6.07) is 3.26. The summed E-state index contributed by atoms with van der Waals surface area (Å²) < 4.78 is 48.6. The number of hydrogen-bond donors (Lipinski definition) is 0. The summed E-state index contributed by atoms with van der Waals surface area (Å²) in [7, 11) is 0. The maximum absolute atomic E-state index is 12.7. The van der Waals surface area contributed by atoms with E-state index in [2.05, 4.69) is 0 Å². The lowest BCUT2D eigenvalue weighted by Gasteiger charge is -2.07. The summed E-state index contributed by atoms with van der Waals surface area (Å²) in [6.45, 7) is -1.02. The van der Waals surface area contributed by atoms with Crippen molar-refractivity contribution >= 4 is 11.5 Å². The summed E-state index contributed by atoms with van der Waals surface area (Å²) >= 11 is 0. The summed E-state index contributed by atoms with van der Waals surface area (Å²) in [5.74, 6) is -0.689. The van der Waals surface area contributed by atoms with E-state index in [4.69, 9.17) is 0 Å². The molecule has 8 heteroatoms. The summed E-state index contributed by atoms with van der Waals surface area (Å²) in [5.41, 5.74) is -0.214. The van der Waals surface area contributed by atoms with Gasteiger partial charge in [0.2, 0.25) is 0 Å². The Bertz CT molecular complexity index is 514. The van der Waals surface area contributed by atoms with Gasteiger partial charge >= 0.3 is 6.18 Å². The number of benzene rings is 1. The summed E-state index contributed by atoms with van der Waals surface area (Å²) in [5, 5.41) is 10.5. The molecule has 0 aliphatic heterocycles. The number of ketones is 1. The first-order valence-electron chi connectivity index (χ1n) is 5.63. The van der Waals surface area contributed by atoms with Gasteiger partial charge in [-0.15, -0.1) is 0 Å². The zero-order valence-corrected chi connectivity index (χ0v) is 10.2. The quantitative estimate of drug-likeness (QED) is 0.458. The third-order valence-electron chi connectivity index (χ3n) is 2.62. The van der Waals surface area contributed by atoms with Crippen LogP contribution in [0.15, 0.2) is 18.2 Å². The molecule has 0 aliphatic carbocycles. The van der Waals surface area contributed by atoms with E-state index in [1.54, 1.807) is 0 Å². The van der Waals surface area contributed by atoms with Gasteiger partial charge in [0, 0.05) is 25.0 Å². The molecule has 0 N–H and O–H groups in total. The third kappa shape index (κ3) is 4.94.